The Morgan fingerprint density at radius 1 is 0.692 bits per heavy atom. The zero-order valence-corrected chi connectivity index (χ0v) is 14.4. The van der Waals surface area contributed by atoms with Crippen molar-refractivity contribution in [3.63, 3.8) is 0 Å². The Labute approximate surface area is 153 Å². The molecule has 1 N–H and O–H groups in total. The Morgan fingerprint density at radius 3 is 1.50 bits per heavy atom. The molecule has 0 unspecified atom stereocenters. The van der Waals surface area contributed by atoms with Gasteiger partial charge in [0.1, 0.15) is 18.0 Å². The molecule has 1 heterocycles. The largest absolute Gasteiger partial charge is 0.388 e. The van der Waals surface area contributed by atoms with Crippen LogP contribution in [-0.4, -0.2) is 14.7 Å². The van der Waals surface area contributed by atoms with Crippen LogP contribution in [-0.2, 0) is 12.1 Å². The van der Waals surface area contributed by atoms with E-state index in [1.807, 2.05) is 60.8 Å². The lowest BCUT2D eigenvalue weighted by atomic mass is 9.76. The standard InChI is InChI=1S/C23H20N2O/c26-18-22-24-16-17-25(22)23(19-10-4-1-5-11-19,20-12-6-2-7-13-20)21-14-8-3-9-15-21/h1-17,26H,18H2. The van der Waals surface area contributed by atoms with Crippen molar-refractivity contribution in [2.24, 2.45) is 0 Å². The van der Waals surface area contributed by atoms with Crippen molar-refractivity contribution in [3.05, 3.63) is 126 Å². The van der Waals surface area contributed by atoms with Crippen molar-refractivity contribution in [1.82, 2.24) is 9.55 Å². The van der Waals surface area contributed by atoms with Gasteiger partial charge in [0, 0.05) is 12.4 Å². The average Bonchev–Trinajstić information content (AvgIpc) is 3.20. The Bertz CT molecular complexity index is 866. The van der Waals surface area contributed by atoms with E-state index in [2.05, 4.69) is 45.9 Å². The van der Waals surface area contributed by atoms with E-state index in [0.717, 1.165) is 16.7 Å². The maximum atomic E-state index is 9.93. The lowest BCUT2D eigenvalue weighted by molar-refractivity contribution is 0.259. The minimum absolute atomic E-state index is 0.124. The molecule has 0 saturated heterocycles. The molecule has 4 rings (SSSR count). The lowest BCUT2D eigenvalue weighted by Crippen LogP contribution is -2.38. The van der Waals surface area contributed by atoms with E-state index in [4.69, 9.17) is 0 Å². The van der Waals surface area contributed by atoms with Gasteiger partial charge >= 0.3 is 0 Å². The third-order valence-corrected chi connectivity index (χ3v) is 4.79. The van der Waals surface area contributed by atoms with E-state index in [0.29, 0.717) is 5.82 Å². The van der Waals surface area contributed by atoms with Gasteiger partial charge in [-0.25, -0.2) is 4.98 Å². The summed E-state index contributed by atoms with van der Waals surface area (Å²) in [6, 6.07) is 31.1. The minimum Gasteiger partial charge on any atom is -0.388 e. The second-order valence-corrected chi connectivity index (χ2v) is 6.18. The van der Waals surface area contributed by atoms with Crippen molar-refractivity contribution in [2.75, 3.05) is 0 Å². The van der Waals surface area contributed by atoms with Gasteiger partial charge in [0.25, 0.3) is 0 Å². The highest BCUT2D eigenvalue weighted by Gasteiger charge is 2.39. The van der Waals surface area contributed by atoms with E-state index in [1.54, 1.807) is 6.20 Å². The lowest BCUT2D eigenvalue weighted by Gasteiger charge is -2.38. The van der Waals surface area contributed by atoms with E-state index in [9.17, 15) is 5.11 Å². The molecule has 0 aliphatic rings. The predicted molar refractivity (Wildman–Crippen MR) is 103 cm³/mol. The highest BCUT2D eigenvalue weighted by molar-refractivity contribution is 5.51. The van der Waals surface area contributed by atoms with Crippen LogP contribution in [0.15, 0.2) is 103 Å². The number of imidazole rings is 1. The van der Waals surface area contributed by atoms with Gasteiger partial charge in [0.05, 0.1) is 0 Å². The molecule has 0 saturated carbocycles. The third-order valence-electron chi connectivity index (χ3n) is 4.79. The molecule has 1 aromatic heterocycles. The Kier molecular flexibility index (Phi) is 4.38. The first-order valence-corrected chi connectivity index (χ1v) is 8.67. The minimum atomic E-state index is -0.613. The molecule has 26 heavy (non-hydrogen) atoms. The third kappa shape index (κ3) is 2.54. The van der Waals surface area contributed by atoms with Gasteiger partial charge in [-0.3, -0.25) is 0 Å². The van der Waals surface area contributed by atoms with Crippen molar-refractivity contribution >= 4 is 0 Å². The molecule has 0 amide bonds. The number of rotatable bonds is 5. The van der Waals surface area contributed by atoms with Gasteiger partial charge in [-0.1, -0.05) is 91.0 Å². The molecule has 4 aromatic rings. The summed E-state index contributed by atoms with van der Waals surface area (Å²) in [6.07, 6.45) is 3.69. The Morgan fingerprint density at radius 2 is 1.12 bits per heavy atom. The second kappa shape index (κ2) is 6.98. The molecule has 0 aliphatic carbocycles. The summed E-state index contributed by atoms with van der Waals surface area (Å²) in [6.45, 7) is -0.124. The Balaban J connectivity index is 2.15. The van der Waals surface area contributed by atoms with Crippen LogP contribution in [0, 0.1) is 0 Å². The number of aliphatic hydroxyl groups is 1. The van der Waals surface area contributed by atoms with Gasteiger partial charge < -0.3 is 9.67 Å². The number of hydrogen-bond acceptors (Lipinski definition) is 2. The second-order valence-electron chi connectivity index (χ2n) is 6.18. The van der Waals surface area contributed by atoms with Crippen LogP contribution < -0.4 is 0 Å². The van der Waals surface area contributed by atoms with Crippen LogP contribution in [0.2, 0.25) is 0 Å². The fourth-order valence-electron chi connectivity index (χ4n) is 3.71. The smallest absolute Gasteiger partial charge is 0.135 e. The summed E-state index contributed by atoms with van der Waals surface area (Å²) in [4.78, 5) is 4.39. The molecular formula is C23H20N2O. The number of benzene rings is 3. The molecule has 0 aliphatic heterocycles. The molecule has 128 valence electrons. The summed E-state index contributed by atoms with van der Waals surface area (Å²) in [5.41, 5.74) is 2.73. The molecule has 0 spiro atoms. The fourth-order valence-corrected chi connectivity index (χ4v) is 3.71. The van der Waals surface area contributed by atoms with E-state index in [-0.39, 0.29) is 6.61 Å². The van der Waals surface area contributed by atoms with Crippen LogP contribution in [0.1, 0.15) is 22.5 Å². The summed E-state index contributed by atoms with van der Waals surface area (Å²) >= 11 is 0. The topological polar surface area (TPSA) is 38.1 Å². The Hall–Kier alpha value is -3.17. The number of aromatic nitrogens is 2. The number of nitrogens with zero attached hydrogens (tertiary/aromatic N) is 2. The number of hydrogen-bond donors (Lipinski definition) is 1. The van der Waals surface area contributed by atoms with Crippen molar-refractivity contribution in [2.45, 2.75) is 12.1 Å². The summed E-state index contributed by atoms with van der Waals surface area (Å²) in [5, 5.41) is 9.93. The van der Waals surface area contributed by atoms with Gasteiger partial charge in [-0.05, 0) is 16.7 Å². The van der Waals surface area contributed by atoms with E-state index in [1.165, 1.54) is 0 Å². The molecule has 0 radical (unpaired) electrons. The SMILES string of the molecule is OCc1nccn1C(c1ccccc1)(c1ccccc1)c1ccccc1. The maximum absolute atomic E-state index is 9.93. The van der Waals surface area contributed by atoms with Gasteiger partial charge in [-0.15, -0.1) is 0 Å². The predicted octanol–water partition coefficient (Wildman–Crippen LogP) is 4.22. The molecule has 0 bridgehead atoms. The quantitative estimate of drug-likeness (QED) is 0.553. The molecule has 0 fully saturated rings. The first-order chi connectivity index (χ1) is 12.9. The van der Waals surface area contributed by atoms with Gasteiger partial charge in [0.2, 0.25) is 0 Å². The first-order valence-electron chi connectivity index (χ1n) is 8.67. The molecule has 0 atom stereocenters. The maximum Gasteiger partial charge on any atom is 0.135 e. The van der Waals surface area contributed by atoms with Crippen molar-refractivity contribution in [3.8, 4) is 0 Å². The van der Waals surface area contributed by atoms with Crippen molar-refractivity contribution < 1.29 is 5.11 Å². The summed E-state index contributed by atoms with van der Waals surface area (Å²) in [5.74, 6) is 0.626. The first kappa shape index (κ1) is 16.3. The monoisotopic (exact) mass is 340 g/mol. The molecule has 3 heteroatoms. The zero-order chi connectivity index (χ0) is 17.8. The summed E-state index contributed by atoms with van der Waals surface area (Å²) in [7, 11) is 0. The fraction of sp³-hybridized carbons (Fsp3) is 0.0870. The number of aliphatic hydroxyl groups excluding tert-OH is 1. The zero-order valence-electron chi connectivity index (χ0n) is 14.4. The van der Waals surface area contributed by atoms with E-state index < -0.39 is 5.54 Å². The van der Waals surface area contributed by atoms with Gasteiger partial charge in [0.15, 0.2) is 0 Å². The van der Waals surface area contributed by atoms with Crippen LogP contribution >= 0.6 is 0 Å². The molecular weight excluding hydrogens is 320 g/mol. The average molecular weight is 340 g/mol. The van der Waals surface area contributed by atoms with Crippen LogP contribution in [0.3, 0.4) is 0 Å². The van der Waals surface area contributed by atoms with Crippen LogP contribution in [0.5, 0.6) is 0 Å². The summed E-state index contributed by atoms with van der Waals surface area (Å²) < 4.78 is 2.08. The molecule has 3 nitrogen and oxygen atoms in total. The normalized spacial score (nSPS) is 11.4. The highest BCUT2D eigenvalue weighted by atomic mass is 16.3. The van der Waals surface area contributed by atoms with Gasteiger partial charge in [-0.2, -0.15) is 0 Å². The highest BCUT2D eigenvalue weighted by Crippen LogP contribution is 2.41. The van der Waals surface area contributed by atoms with E-state index >= 15 is 0 Å². The van der Waals surface area contributed by atoms with Crippen LogP contribution in [0.4, 0.5) is 0 Å². The molecule has 3 aromatic carbocycles. The van der Waals surface area contributed by atoms with Crippen LogP contribution in [0.25, 0.3) is 0 Å². The van der Waals surface area contributed by atoms with Crippen molar-refractivity contribution in [1.29, 1.82) is 0 Å².